The van der Waals surface area contributed by atoms with Crippen LogP contribution in [-0.2, 0) is 17.6 Å². The van der Waals surface area contributed by atoms with Gasteiger partial charge in [0.25, 0.3) is 0 Å². The summed E-state index contributed by atoms with van der Waals surface area (Å²) in [6.07, 6.45) is 5.81. The van der Waals surface area contributed by atoms with Gasteiger partial charge in [0.2, 0.25) is 5.91 Å². The molecule has 102 valence electrons. The van der Waals surface area contributed by atoms with Crippen LogP contribution in [0.15, 0.2) is 24.3 Å². The fraction of sp³-hybridized carbons (Fsp3) is 0.562. The second-order valence-corrected chi connectivity index (χ2v) is 6.03. The van der Waals surface area contributed by atoms with Crippen molar-refractivity contribution in [3.63, 3.8) is 0 Å². The van der Waals surface area contributed by atoms with Crippen molar-refractivity contribution in [1.82, 2.24) is 5.32 Å². The number of nitrogens with one attached hydrogen (secondary N) is 1. The zero-order valence-electron chi connectivity index (χ0n) is 11.2. The van der Waals surface area contributed by atoms with Crippen LogP contribution in [0.4, 0.5) is 0 Å². The van der Waals surface area contributed by atoms with Crippen LogP contribution in [0.5, 0.6) is 0 Å². The third kappa shape index (κ3) is 2.39. The van der Waals surface area contributed by atoms with Crippen molar-refractivity contribution < 1.29 is 9.90 Å². The molecule has 0 atom stereocenters. The van der Waals surface area contributed by atoms with Gasteiger partial charge in [-0.25, -0.2) is 0 Å². The fourth-order valence-corrected chi connectivity index (χ4v) is 3.49. The Morgan fingerprint density at radius 1 is 1.21 bits per heavy atom. The van der Waals surface area contributed by atoms with Gasteiger partial charge in [-0.15, -0.1) is 0 Å². The number of aliphatic hydroxyl groups is 1. The van der Waals surface area contributed by atoms with E-state index in [1.165, 1.54) is 11.1 Å². The molecule has 0 aliphatic heterocycles. The first kappa shape index (κ1) is 12.7. The summed E-state index contributed by atoms with van der Waals surface area (Å²) in [6.45, 7) is 0.0140. The smallest absolute Gasteiger partial charge is 0.223 e. The average molecular weight is 259 g/mol. The highest BCUT2D eigenvalue weighted by molar-refractivity contribution is 5.80. The maximum absolute atomic E-state index is 12.3. The molecule has 1 aromatic carbocycles. The third-order valence-corrected chi connectivity index (χ3v) is 4.59. The minimum atomic E-state index is -0.469. The zero-order valence-corrected chi connectivity index (χ0v) is 11.2. The summed E-state index contributed by atoms with van der Waals surface area (Å²) in [4.78, 5) is 12.3. The summed E-state index contributed by atoms with van der Waals surface area (Å²) >= 11 is 0. The van der Waals surface area contributed by atoms with Gasteiger partial charge in [-0.05, 0) is 36.8 Å². The summed E-state index contributed by atoms with van der Waals surface area (Å²) in [6, 6.07) is 8.22. The maximum Gasteiger partial charge on any atom is 0.223 e. The van der Waals surface area contributed by atoms with Crippen molar-refractivity contribution in [3.05, 3.63) is 35.4 Å². The Bertz CT molecular complexity index is 452. The van der Waals surface area contributed by atoms with Crippen molar-refractivity contribution in [3.8, 4) is 0 Å². The molecule has 1 amide bonds. The predicted octanol–water partition coefficient (Wildman–Crippen LogP) is 1.82. The molecule has 0 bridgehead atoms. The van der Waals surface area contributed by atoms with E-state index in [0.29, 0.717) is 0 Å². The van der Waals surface area contributed by atoms with Crippen LogP contribution < -0.4 is 5.32 Å². The van der Waals surface area contributed by atoms with Gasteiger partial charge in [-0.1, -0.05) is 37.1 Å². The number of hydrogen-bond donors (Lipinski definition) is 2. The van der Waals surface area contributed by atoms with Crippen LogP contribution in [0, 0.1) is 5.92 Å². The molecule has 3 heteroatoms. The number of carbonyl (C=O) groups excluding carboxylic acids is 1. The van der Waals surface area contributed by atoms with Crippen molar-refractivity contribution in [2.24, 2.45) is 5.92 Å². The Morgan fingerprint density at radius 2 is 1.79 bits per heavy atom. The van der Waals surface area contributed by atoms with Crippen LogP contribution in [-0.4, -0.2) is 23.2 Å². The second-order valence-electron chi connectivity index (χ2n) is 6.03. The molecule has 3 nitrogen and oxygen atoms in total. The van der Waals surface area contributed by atoms with Gasteiger partial charge in [-0.3, -0.25) is 4.79 Å². The number of aliphatic hydroxyl groups excluding tert-OH is 1. The largest absolute Gasteiger partial charge is 0.394 e. The maximum atomic E-state index is 12.3. The third-order valence-electron chi connectivity index (χ3n) is 4.59. The molecule has 1 saturated carbocycles. The molecule has 0 unspecified atom stereocenters. The lowest BCUT2D eigenvalue weighted by Crippen LogP contribution is -2.53. The first-order valence-electron chi connectivity index (χ1n) is 7.22. The highest BCUT2D eigenvalue weighted by atomic mass is 16.3. The number of hydrogen-bond acceptors (Lipinski definition) is 2. The topological polar surface area (TPSA) is 49.3 Å². The van der Waals surface area contributed by atoms with Gasteiger partial charge >= 0.3 is 0 Å². The molecule has 1 fully saturated rings. The van der Waals surface area contributed by atoms with Gasteiger partial charge < -0.3 is 10.4 Å². The normalized spacial score (nSPS) is 21.3. The second kappa shape index (κ2) is 4.97. The van der Waals surface area contributed by atoms with Crippen LogP contribution in [0.1, 0.15) is 36.8 Å². The lowest BCUT2D eigenvalue weighted by Gasteiger charge is -2.29. The molecule has 2 aliphatic rings. The van der Waals surface area contributed by atoms with Gasteiger partial charge in [0, 0.05) is 5.92 Å². The van der Waals surface area contributed by atoms with Crippen LogP contribution in [0.25, 0.3) is 0 Å². The minimum absolute atomic E-state index is 0.0140. The van der Waals surface area contributed by atoms with Gasteiger partial charge in [-0.2, -0.15) is 0 Å². The lowest BCUT2D eigenvalue weighted by atomic mass is 9.95. The summed E-state index contributed by atoms with van der Waals surface area (Å²) in [7, 11) is 0. The van der Waals surface area contributed by atoms with Gasteiger partial charge in [0.15, 0.2) is 0 Å². The number of fused-ring (bicyclic) bond motifs is 1. The molecule has 0 spiro atoms. The lowest BCUT2D eigenvalue weighted by molar-refractivity contribution is -0.127. The Morgan fingerprint density at radius 3 is 2.32 bits per heavy atom. The van der Waals surface area contributed by atoms with E-state index in [9.17, 15) is 9.90 Å². The summed E-state index contributed by atoms with van der Waals surface area (Å²) in [5.41, 5.74) is 2.04. The summed E-state index contributed by atoms with van der Waals surface area (Å²) < 4.78 is 0. The molecule has 2 N–H and O–H groups in total. The number of carbonyl (C=O) groups is 1. The summed E-state index contributed by atoms with van der Waals surface area (Å²) in [5, 5.41) is 12.9. The predicted molar refractivity (Wildman–Crippen MR) is 73.8 cm³/mol. The monoisotopic (exact) mass is 259 g/mol. The van der Waals surface area contributed by atoms with Crippen LogP contribution >= 0.6 is 0 Å². The van der Waals surface area contributed by atoms with Crippen LogP contribution in [0.2, 0.25) is 0 Å². The standard InChI is InChI=1S/C16H21NO2/c18-11-16(17-15(19)12-5-1-2-6-12)9-13-7-3-4-8-14(13)10-16/h3-4,7-8,12,18H,1-2,5-6,9-11H2,(H,17,19). The highest BCUT2D eigenvalue weighted by Gasteiger charge is 2.39. The van der Waals surface area contributed by atoms with Crippen molar-refractivity contribution >= 4 is 5.91 Å². The quantitative estimate of drug-likeness (QED) is 0.870. The Kier molecular flexibility index (Phi) is 3.31. The number of amides is 1. The molecule has 1 aromatic rings. The average Bonchev–Trinajstić information content (AvgIpc) is 3.06. The number of rotatable bonds is 3. The zero-order chi connectivity index (χ0) is 13.3. The highest BCUT2D eigenvalue weighted by Crippen LogP contribution is 2.31. The van der Waals surface area contributed by atoms with E-state index in [4.69, 9.17) is 0 Å². The fourth-order valence-electron chi connectivity index (χ4n) is 3.49. The van der Waals surface area contributed by atoms with Gasteiger partial charge in [0.05, 0.1) is 12.1 Å². The van der Waals surface area contributed by atoms with E-state index in [1.807, 2.05) is 12.1 Å². The Hall–Kier alpha value is -1.35. The first-order chi connectivity index (χ1) is 9.22. The van der Waals surface area contributed by atoms with E-state index >= 15 is 0 Å². The van der Waals surface area contributed by atoms with Crippen molar-refractivity contribution in [1.29, 1.82) is 0 Å². The van der Waals surface area contributed by atoms with Gasteiger partial charge in [0.1, 0.15) is 0 Å². The molecule has 0 heterocycles. The van der Waals surface area contributed by atoms with E-state index < -0.39 is 5.54 Å². The Labute approximate surface area is 114 Å². The summed E-state index contributed by atoms with van der Waals surface area (Å²) in [5.74, 6) is 0.298. The minimum Gasteiger partial charge on any atom is -0.394 e. The van der Waals surface area contributed by atoms with E-state index in [1.54, 1.807) is 0 Å². The molecular formula is C16H21NO2. The molecule has 0 radical (unpaired) electrons. The molecule has 0 aromatic heterocycles. The van der Waals surface area contributed by atoms with E-state index in [-0.39, 0.29) is 18.4 Å². The first-order valence-corrected chi connectivity index (χ1v) is 7.22. The molecule has 0 saturated heterocycles. The van der Waals surface area contributed by atoms with Crippen molar-refractivity contribution in [2.75, 3.05) is 6.61 Å². The van der Waals surface area contributed by atoms with Crippen LogP contribution in [0.3, 0.4) is 0 Å². The molecule has 19 heavy (non-hydrogen) atoms. The molecule has 2 aliphatic carbocycles. The van der Waals surface area contributed by atoms with E-state index in [0.717, 1.165) is 38.5 Å². The SMILES string of the molecule is O=C(NC1(CO)Cc2ccccc2C1)C1CCCC1. The Balaban J connectivity index is 1.73. The molecule has 3 rings (SSSR count). The van der Waals surface area contributed by atoms with Crippen molar-refractivity contribution in [2.45, 2.75) is 44.1 Å². The number of benzene rings is 1. The van der Waals surface area contributed by atoms with E-state index in [2.05, 4.69) is 17.4 Å². The molecular weight excluding hydrogens is 238 g/mol.